The highest BCUT2D eigenvalue weighted by Gasteiger charge is 2.26. The number of ketones is 1. The first-order chi connectivity index (χ1) is 12.0. The third kappa shape index (κ3) is 4.53. The molecule has 25 heavy (non-hydrogen) atoms. The second-order valence-corrected chi connectivity index (χ2v) is 5.40. The van der Waals surface area contributed by atoms with Gasteiger partial charge in [-0.3, -0.25) is 9.48 Å². The molecular formula is C18H20N2O5. The van der Waals surface area contributed by atoms with Crippen molar-refractivity contribution in [2.75, 3.05) is 13.7 Å². The monoisotopic (exact) mass is 344 g/mol. The maximum absolute atomic E-state index is 12.5. The number of nitrogens with zero attached hydrogens (tertiary/aromatic N) is 2. The average Bonchev–Trinajstić information content (AvgIpc) is 3.05. The predicted octanol–water partition coefficient (Wildman–Crippen LogP) is 2.36. The van der Waals surface area contributed by atoms with Crippen LogP contribution in [0.5, 0.6) is 0 Å². The Kier molecular flexibility index (Phi) is 6.05. The molecule has 7 heteroatoms. The quantitative estimate of drug-likeness (QED) is 0.566. The molecule has 0 spiro atoms. The van der Waals surface area contributed by atoms with Gasteiger partial charge in [-0.2, -0.15) is 5.10 Å². The van der Waals surface area contributed by atoms with Gasteiger partial charge >= 0.3 is 11.9 Å². The van der Waals surface area contributed by atoms with E-state index in [1.54, 1.807) is 26.1 Å². The smallest absolute Gasteiger partial charge is 0.337 e. The first-order valence-corrected chi connectivity index (χ1v) is 7.86. The maximum atomic E-state index is 12.5. The molecule has 1 aromatic carbocycles. The number of methoxy groups -OCH3 is 1. The van der Waals surface area contributed by atoms with Crippen LogP contribution in [0.15, 0.2) is 36.5 Å². The van der Waals surface area contributed by atoms with Gasteiger partial charge in [0.2, 0.25) is 0 Å². The third-order valence-electron chi connectivity index (χ3n) is 3.63. The minimum absolute atomic E-state index is 0.0858. The molecule has 0 aliphatic carbocycles. The number of carbonyl (C=O) groups excluding carboxylic acids is 3. The molecule has 0 fully saturated rings. The fourth-order valence-corrected chi connectivity index (χ4v) is 2.33. The summed E-state index contributed by atoms with van der Waals surface area (Å²) in [5.74, 6) is -1.23. The van der Waals surface area contributed by atoms with Gasteiger partial charge in [-0.05, 0) is 32.0 Å². The van der Waals surface area contributed by atoms with Crippen molar-refractivity contribution in [2.24, 2.45) is 0 Å². The van der Waals surface area contributed by atoms with E-state index in [0.29, 0.717) is 11.1 Å². The topological polar surface area (TPSA) is 87.5 Å². The van der Waals surface area contributed by atoms with E-state index in [1.165, 1.54) is 36.1 Å². The summed E-state index contributed by atoms with van der Waals surface area (Å²) in [4.78, 5) is 36.2. The summed E-state index contributed by atoms with van der Waals surface area (Å²) in [6.07, 6.45) is 1.56. The number of esters is 2. The largest absolute Gasteiger partial charge is 0.465 e. The fourth-order valence-electron chi connectivity index (χ4n) is 2.33. The van der Waals surface area contributed by atoms with Crippen LogP contribution in [0.4, 0.5) is 0 Å². The molecule has 0 saturated carbocycles. The highest BCUT2D eigenvalue weighted by atomic mass is 16.5. The molecule has 0 amide bonds. The number of rotatable bonds is 7. The molecule has 1 aromatic heterocycles. The molecule has 2 rings (SSSR count). The molecule has 1 atom stereocenters. The lowest BCUT2D eigenvalue weighted by atomic mass is 10.0. The van der Waals surface area contributed by atoms with Gasteiger partial charge < -0.3 is 9.47 Å². The Hall–Kier alpha value is -2.96. The Balaban J connectivity index is 2.18. The van der Waals surface area contributed by atoms with Gasteiger partial charge in [-0.15, -0.1) is 0 Å². The zero-order valence-corrected chi connectivity index (χ0v) is 14.4. The Morgan fingerprint density at radius 2 is 1.76 bits per heavy atom. The molecule has 2 aromatic rings. The van der Waals surface area contributed by atoms with E-state index >= 15 is 0 Å². The first-order valence-electron chi connectivity index (χ1n) is 7.86. The van der Waals surface area contributed by atoms with Crippen molar-refractivity contribution in [3.63, 3.8) is 0 Å². The van der Waals surface area contributed by atoms with Crippen LogP contribution in [0.2, 0.25) is 0 Å². The molecule has 0 radical (unpaired) electrons. The van der Waals surface area contributed by atoms with Crippen molar-refractivity contribution in [3.05, 3.63) is 53.3 Å². The van der Waals surface area contributed by atoms with Crippen LogP contribution in [-0.4, -0.2) is 41.2 Å². The molecule has 0 saturated heterocycles. The molecule has 132 valence electrons. The van der Waals surface area contributed by atoms with E-state index in [2.05, 4.69) is 9.84 Å². The number of ether oxygens (including phenoxy) is 2. The van der Waals surface area contributed by atoms with E-state index < -0.39 is 18.0 Å². The summed E-state index contributed by atoms with van der Waals surface area (Å²) in [6, 6.07) is 7.01. The van der Waals surface area contributed by atoms with Crippen LogP contribution in [0.25, 0.3) is 0 Å². The normalized spacial score (nSPS) is 11.6. The average molecular weight is 344 g/mol. The van der Waals surface area contributed by atoms with Crippen molar-refractivity contribution in [1.82, 2.24) is 9.78 Å². The number of hydrogen-bond donors (Lipinski definition) is 0. The second kappa shape index (κ2) is 8.23. The highest BCUT2D eigenvalue weighted by Crippen LogP contribution is 2.18. The minimum atomic E-state index is -0.832. The van der Waals surface area contributed by atoms with Crippen LogP contribution in [0.1, 0.15) is 45.8 Å². The molecule has 0 aliphatic rings. The zero-order chi connectivity index (χ0) is 18.4. The third-order valence-corrected chi connectivity index (χ3v) is 3.63. The van der Waals surface area contributed by atoms with Gasteiger partial charge in [0.15, 0.2) is 11.8 Å². The number of Topliss-reactive ketones (excluding diaryl/α,β-unsaturated/α-hetero) is 1. The molecule has 0 aliphatic heterocycles. The number of aryl methyl sites for hydroxylation is 1. The van der Waals surface area contributed by atoms with Crippen molar-refractivity contribution in [2.45, 2.75) is 26.3 Å². The van der Waals surface area contributed by atoms with Gasteiger partial charge in [0.25, 0.3) is 0 Å². The Labute approximate surface area is 145 Å². The zero-order valence-electron chi connectivity index (χ0n) is 14.4. The molecule has 0 N–H and O–H groups in total. The first kappa shape index (κ1) is 18.4. The van der Waals surface area contributed by atoms with E-state index in [-0.39, 0.29) is 18.8 Å². The summed E-state index contributed by atoms with van der Waals surface area (Å²) in [6.45, 7) is 3.72. The Morgan fingerprint density at radius 1 is 1.12 bits per heavy atom. The van der Waals surface area contributed by atoms with E-state index in [0.717, 1.165) is 5.69 Å². The number of hydrogen-bond acceptors (Lipinski definition) is 6. The summed E-state index contributed by atoms with van der Waals surface area (Å²) in [7, 11) is 1.29. The molecule has 1 unspecified atom stereocenters. The van der Waals surface area contributed by atoms with Crippen LogP contribution < -0.4 is 0 Å². The molecule has 0 bridgehead atoms. The Bertz CT molecular complexity index is 764. The van der Waals surface area contributed by atoms with E-state index in [9.17, 15) is 14.4 Å². The lowest BCUT2D eigenvalue weighted by Gasteiger charge is -2.15. The molecule has 1 heterocycles. The highest BCUT2D eigenvalue weighted by molar-refractivity contribution is 5.99. The lowest BCUT2D eigenvalue weighted by Crippen LogP contribution is -2.25. The van der Waals surface area contributed by atoms with Gasteiger partial charge in [0.05, 0.1) is 25.0 Å². The van der Waals surface area contributed by atoms with Crippen molar-refractivity contribution < 1.29 is 23.9 Å². The molecule has 7 nitrogen and oxygen atoms in total. The van der Waals surface area contributed by atoms with E-state index in [4.69, 9.17) is 4.74 Å². The van der Waals surface area contributed by atoms with Gasteiger partial charge in [-0.25, -0.2) is 9.59 Å². The summed E-state index contributed by atoms with van der Waals surface area (Å²) >= 11 is 0. The Morgan fingerprint density at radius 3 is 2.28 bits per heavy atom. The number of carbonyl (C=O) groups is 3. The summed E-state index contributed by atoms with van der Waals surface area (Å²) < 4.78 is 11.1. The van der Waals surface area contributed by atoms with Crippen molar-refractivity contribution >= 4 is 17.7 Å². The lowest BCUT2D eigenvalue weighted by molar-refractivity contribution is -0.147. The van der Waals surface area contributed by atoms with E-state index in [1.807, 2.05) is 0 Å². The van der Waals surface area contributed by atoms with Crippen LogP contribution >= 0.6 is 0 Å². The molecular weight excluding hydrogens is 324 g/mol. The van der Waals surface area contributed by atoms with Crippen molar-refractivity contribution in [1.29, 1.82) is 0 Å². The summed E-state index contributed by atoms with van der Waals surface area (Å²) in [5, 5.41) is 4.21. The summed E-state index contributed by atoms with van der Waals surface area (Å²) in [5.41, 5.74) is 1.48. The van der Waals surface area contributed by atoms with Crippen LogP contribution in [0, 0.1) is 6.92 Å². The number of aromatic nitrogens is 2. The van der Waals surface area contributed by atoms with Gasteiger partial charge in [0, 0.05) is 18.2 Å². The van der Waals surface area contributed by atoms with Crippen molar-refractivity contribution in [3.8, 4) is 0 Å². The van der Waals surface area contributed by atoms with Crippen LogP contribution in [0.3, 0.4) is 0 Å². The SMILES string of the molecule is CCOC(=O)C(CC(=O)c1ccc(C(=O)OC)cc1)n1ccc(C)n1. The minimum Gasteiger partial charge on any atom is -0.465 e. The second-order valence-electron chi connectivity index (χ2n) is 5.40. The van der Waals surface area contributed by atoms with Crippen LogP contribution in [-0.2, 0) is 14.3 Å². The maximum Gasteiger partial charge on any atom is 0.337 e. The number of benzene rings is 1. The van der Waals surface area contributed by atoms with Gasteiger partial charge in [-0.1, -0.05) is 12.1 Å². The standard InChI is InChI=1S/C18H20N2O5/c1-4-25-18(23)15(20-10-9-12(2)19-20)11-16(21)13-5-7-14(8-6-13)17(22)24-3/h5-10,15H,4,11H2,1-3H3. The fraction of sp³-hybridized carbons (Fsp3) is 0.333. The predicted molar refractivity (Wildman–Crippen MR) is 89.4 cm³/mol. The van der Waals surface area contributed by atoms with Gasteiger partial charge in [0.1, 0.15) is 0 Å².